The number of ether oxygens (including phenoxy) is 1. The van der Waals surface area contributed by atoms with Crippen molar-refractivity contribution in [3.8, 4) is 5.75 Å². The summed E-state index contributed by atoms with van der Waals surface area (Å²) in [5.74, 6) is 0.412. The average molecular weight is 229 g/mol. The number of methoxy groups -OCH3 is 1. The Hall–Kier alpha value is -1.56. The molecule has 0 aliphatic carbocycles. The Morgan fingerprint density at radius 1 is 1.40 bits per heavy atom. The number of anilines is 1. The molecule has 0 bridgehead atoms. The van der Waals surface area contributed by atoms with Gasteiger partial charge in [0.2, 0.25) is 6.41 Å². The molecule has 0 atom stereocenters. The molecule has 0 aliphatic heterocycles. The van der Waals surface area contributed by atoms with Gasteiger partial charge in [0.1, 0.15) is 5.75 Å². The molecule has 82 valence electrons. The maximum Gasteiger partial charge on any atom is 0.211 e. The van der Waals surface area contributed by atoms with Crippen molar-refractivity contribution < 1.29 is 17.9 Å². The van der Waals surface area contributed by atoms with E-state index in [4.69, 9.17) is 4.74 Å². The molecule has 0 spiro atoms. The fourth-order valence-electron chi connectivity index (χ4n) is 1.09. The van der Waals surface area contributed by atoms with Crippen molar-refractivity contribution in [2.45, 2.75) is 4.90 Å². The number of amides is 1. The molecule has 0 aromatic heterocycles. The van der Waals surface area contributed by atoms with E-state index in [2.05, 4.69) is 5.32 Å². The van der Waals surface area contributed by atoms with Gasteiger partial charge in [0.05, 0.1) is 17.7 Å². The molecule has 1 amide bonds. The van der Waals surface area contributed by atoms with Crippen molar-refractivity contribution in [1.82, 2.24) is 0 Å². The third-order valence-corrected chi connectivity index (χ3v) is 2.92. The van der Waals surface area contributed by atoms with E-state index in [1.165, 1.54) is 25.3 Å². The summed E-state index contributed by atoms with van der Waals surface area (Å²) in [5, 5.41) is 2.37. The van der Waals surface area contributed by atoms with Gasteiger partial charge in [0.25, 0.3) is 0 Å². The monoisotopic (exact) mass is 229 g/mol. The summed E-state index contributed by atoms with van der Waals surface area (Å²) >= 11 is 0. The van der Waals surface area contributed by atoms with Crippen LogP contribution in [0.5, 0.6) is 5.75 Å². The predicted octanol–water partition coefficient (Wildman–Crippen LogP) is 0.667. The molecule has 0 saturated carbocycles. The van der Waals surface area contributed by atoms with Gasteiger partial charge in [-0.2, -0.15) is 0 Å². The van der Waals surface area contributed by atoms with Gasteiger partial charge in [-0.15, -0.1) is 0 Å². The largest absolute Gasteiger partial charge is 0.495 e. The van der Waals surface area contributed by atoms with Gasteiger partial charge in [-0.25, -0.2) is 8.42 Å². The lowest BCUT2D eigenvalue weighted by Crippen LogP contribution is -2.02. The SMILES string of the molecule is COc1ccc(S(C)(=O)=O)cc1NC=O. The number of rotatable bonds is 4. The molecule has 1 N–H and O–H groups in total. The Morgan fingerprint density at radius 2 is 2.07 bits per heavy atom. The maximum absolute atomic E-state index is 11.2. The van der Waals surface area contributed by atoms with Crippen LogP contribution in [0.1, 0.15) is 0 Å². The van der Waals surface area contributed by atoms with Crippen LogP contribution in [0.2, 0.25) is 0 Å². The van der Waals surface area contributed by atoms with Crippen LogP contribution in [0.4, 0.5) is 5.69 Å². The van der Waals surface area contributed by atoms with Crippen molar-refractivity contribution in [1.29, 1.82) is 0 Å². The van der Waals surface area contributed by atoms with Crippen LogP contribution in [-0.2, 0) is 14.6 Å². The molecule has 0 fully saturated rings. The van der Waals surface area contributed by atoms with Crippen molar-refractivity contribution in [3.05, 3.63) is 18.2 Å². The lowest BCUT2D eigenvalue weighted by molar-refractivity contribution is -0.105. The summed E-state index contributed by atoms with van der Waals surface area (Å²) in [7, 11) is -1.84. The van der Waals surface area contributed by atoms with Crippen molar-refractivity contribution >= 4 is 21.9 Å². The summed E-state index contributed by atoms with van der Waals surface area (Å²) in [4.78, 5) is 10.4. The molecule has 1 aromatic rings. The van der Waals surface area contributed by atoms with Gasteiger partial charge >= 0.3 is 0 Å². The topological polar surface area (TPSA) is 72.5 Å². The van der Waals surface area contributed by atoms with Gasteiger partial charge in [-0.1, -0.05) is 0 Å². The van der Waals surface area contributed by atoms with E-state index in [0.29, 0.717) is 17.8 Å². The highest BCUT2D eigenvalue weighted by Crippen LogP contribution is 2.26. The Morgan fingerprint density at radius 3 is 2.53 bits per heavy atom. The molecule has 1 rings (SSSR count). The lowest BCUT2D eigenvalue weighted by atomic mass is 10.3. The molecule has 0 radical (unpaired) electrons. The zero-order valence-electron chi connectivity index (χ0n) is 8.35. The smallest absolute Gasteiger partial charge is 0.211 e. The molecule has 0 aliphatic rings. The first kappa shape index (κ1) is 11.5. The zero-order valence-corrected chi connectivity index (χ0v) is 9.17. The van der Waals surface area contributed by atoms with Crippen LogP contribution in [0.3, 0.4) is 0 Å². The summed E-state index contributed by atoms with van der Waals surface area (Å²) in [6.07, 6.45) is 1.56. The van der Waals surface area contributed by atoms with E-state index in [9.17, 15) is 13.2 Å². The zero-order chi connectivity index (χ0) is 11.5. The highest BCUT2D eigenvalue weighted by atomic mass is 32.2. The van der Waals surface area contributed by atoms with E-state index < -0.39 is 9.84 Å². The summed E-state index contributed by atoms with van der Waals surface area (Å²) in [6, 6.07) is 4.26. The minimum Gasteiger partial charge on any atom is -0.495 e. The number of carbonyl (C=O) groups excluding carboxylic acids is 1. The fourth-order valence-corrected chi connectivity index (χ4v) is 1.74. The van der Waals surface area contributed by atoms with Crippen LogP contribution in [0, 0.1) is 0 Å². The van der Waals surface area contributed by atoms with E-state index in [1.807, 2.05) is 0 Å². The van der Waals surface area contributed by atoms with Crippen molar-refractivity contribution in [3.63, 3.8) is 0 Å². The number of benzene rings is 1. The van der Waals surface area contributed by atoms with Crippen LogP contribution in [0.15, 0.2) is 23.1 Å². The average Bonchev–Trinajstić information content (AvgIpc) is 2.17. The Balaban J connectivity index is 3.27. The molecule has 5 nitrogen and oxygen atoms in total. The van der Waals surface area contributed by atoms with Crippen LogP contribution in [0.25, 0.3) is 0 Å². The van der Waals surface area contributed by atoms with Gasteiger partial charge in [0.15, 0.2) is 9.84 Å². The summed E-state index contributed by atoms with van der Waals surface area (Å²) < 4.78 is 27.4. The first-order valence-corrected chi connectivity index (χ1v) is 5.96. The first-order chi connectivity index (χ1) is 6.99. The number of sulfone groups is 1. The first-order valence-electron chi connectivity index (χ1n) is 4.07. The molecule has 1 aromatic carbocycles. The van der Waals surface area contributed by atoms with Crippen LogP contribution >= 0.6 is 0 Å². The minimum absolute atomic E-state index is 0.132. The van der Waals surface area contributed by atoms with Gasteiger partial charge in [-0.3, -0.25) is 4.79 Å². The number of hydrogen-bond donors (Lipinski definition) is 1. The Labute approximate surface area is 88.0 Å². The highest BCUT2D eigenvalue weighted by molar-refractivity contribution is 7.90. The van der Waals surface area contributed by atoms with E-state index in [-0.39, 0.29) is 4.90 Å². The molecule has 15 heavy (non-hydrogen) atoms. The van der Waals surface area contributed by atoms with Gasteiger partial charge < -0.3 is 10.1 Å². The van der Waals surface area contributed by atoms with Gasteiger partial charge in [0, 0.05) is 6.26 Å². The van der Waals surface area contributed by atoms with E-state index >= 15 is 0 Å². The molecule has 0 saturated heterocycles. The van der Waals surface area contributed by atoms with Gasteiger partial charge in [-0.05, 0) is 18.2 Å². The third-order valence-electron chi connectivity index (χ3n) is 1.81. The second-order valence-corrected chi connectivity index (χ2v) is 4.91. The Bertz CT molecular complexity index is 467. The third kappa shape index (κ3) is 2.69. The lowest BCUT2D eigenvalue weighted by Gasteiger charge is -2.08. The quantitative estimate of drug-likeness (QED) is 0.770. The summed E-state index contributed by atoms with van der Waals surface area (Å²) in [5.41, 5.74) is 0.329. The fraction of sp³-hybridized carbons (Fsp3) is 0.222. The predicted molar refractivity (Wildman–Crippen MR) is 55.8 cm³/mol. The van der Waals surface area contributed by atoms with E-state index in [0.717, 1.165) is 6.26 Å². The highest BCUT2D eigenvalue weighted by Gasteiger charge is 2.10. The van der Waals surface area contributed by atoms with Crippen molar-refractivity contribution in [2.24, 2.45) is 0 Å². The van der Waals surface area contributed by atoms with E-state index in [1.54, 1.807) is 0 Å². The molecular formula is C9H11NO4S. The van der Waals surface area contributed by atoms with Crippen molar-refractivity contribution in [2.75, 3.05) is 18.7 Å². The minimum atomic E-state index is -3.28. The van der Waals surface area contributed by atoms with Crippen LogP contribution < -0.4 is 10.1 Å². The number of nitrogens with one attached hydrogen (secondary N) is 1. The number of hydrogen-bond acceptors (Lipinski definition) is 4. The normalized spacial score (nSPS) is 10.8. The summed E-state index contributed by atoms with van der Waals surface area (Å²) in [6.45, 7) is 0. The standard InChI is InChI=1S/C9H11NO4S/c1-14-9-4-3-7(15(2,12)13)5-8(9)10-6-11/h3-6H,1-2H3,(H,10,11). The second kappa shape index (κ2) is 4.31. The molecule has 0 unspecified atom stereocenters. The number of carbonyl (C=O) groups is 1. The maximum atomic E-state index is 11.2. The Kier molecular flexibility index (Phi) is 3.31. The molecular weight excluding hydrogens is 218 g/mol. The second-order valence-electron chi connectivity index (χ2n) is 2.90. The molecule has 0 heterocycles. The molecule has 6 heteroatoms. The van der Waals surface area contributed by atoms with Crippen LogP contribution in [-0.4, -0.2) is 28.2 Å².